The van der Waals surface area contributed by atoms with Crippen LogP contribution >= 0.6 is 0 Å². The smallest absolute Gasteiger partial charge is 0.163 e. The molecule has 1 aromatic rings. The lowest BCUT2D eigenvalue weighted by atomic mass is 9.64. The first-order chi connectivity index (χ1) is 17.1. The van der Waals surface area contributed by atoms with Crippen LogP contribution in [0.25, 0.3) is 0 Å². The van der Waals surface area contributed by atoms with Crippen LogP contribution in [0.15, 0.2) is 60.1 Å². The number of nitrogens with zero attached hydrogens (tertiary/aromatic N) is 4. The Balaban J connectivity index is 1.23. The minimum atomic E-state index is -0.399. The van der Waals surface area contributed by atoms with E-state index in [9.17, 15) is 9.90 Å². The number of aliphatic hydroxyl groups excluding tert-OH is 1. The number of hydrogen-bond acceptors (Lipinski definition) is 7. The number of carbonyl (C=O) groups excluding carboxylic acids is 1. The van der Waals surface area contributed by atoms with Crippen molar-refractivity contribution in [1.82, 2.24) is 20.1 Å². The number of pyridine rings is 1. The quantitative estimate of drug-likeness (QED) is 0.690. The lowest BCUT2D eigenvalue weighted by molar-refractivity contribution is -0.122. The number of dihydropyridines is 1. The lowest BCUT2D eigenvalue weighted by Crippen LogP contribution is -2.59. The molecule has 0 radical (unpaired) electrons. The van der Waals surface area contributed by atoms with Gasteiger partial charge in [0.15, 0.2) is 5.78 Å². The summed E-state index contributed by atoms with van der Waals surface area (Å²) in [7, 11) is 2.14. The SMILES string of the molecule is CN1CC23NC=CC=C2C(CN2CCN(c4cccnc4)CC2)=CC(=O)C3C1C1CCCCC1O. The molecule has 1 saturated carbocycles. The van der Waals surface area contributed by atoms with Gasteiger partial charge in [-0.15, -0.1) is 0 Å². The third kappa shape index (κ3) is 3.94. The van der Waals surface area contributed by atoms with Crippen molar-refractivity contribution in [3.63, 3.8) is 0 Å². The number of aromatic nitrogens is 1. The van der Waals surface area contributed by atoms with Crippen LogP contribution in [0.4, 0.5) is 5.69 Å². The monoisotopic (exact) mass is 475 g/mol. The van der Waals surface area contributed by atoms with Crippen LogP contribution in [-0.2, 0) is 4.79 Å². The maximum atomic E-state index is 13.8. The predicted octanol–water partition coefficient (Wildman–Crippen LogP) is 1.98. The Morgan fingerprint density at radius 2 is 2.03 bits per heavy atom. The fourth-order valence-corrected chi connectivity index (χ4v) is 7.43. The van der Waals surface area contributed by atoms with Crippen molar-refractivity contribution in [2.24, 2.45) is 11.8 Å². The molecule has 0 bridgehead atoms. The number of anilines is 1. The second-order valence-electron chi connectivity index (χ2n) is 11.0. The van der Waals surface area contributed by atoms with E-state index in [2.05, 4.69) is 50.3 Å². The fraction of sp³-hybridized carbons (Fsp3) is 0.571. The summed E-state index contributed by atoms with van der Waals surface area (Å²) >= 11 is 0. The Labute approximate surface area is 208 Å². The van der Waals surface area contributed by atoms with Crippen LogP contribution in [0.3, 0.4) is 0 Å². The minimum Gasteiger partial charge on any atom is -0.393 e. The topological polar surface area (TPSA) is 71.9 Å². The van der Waals surface area contributed by atoms with Crippen molar-refractivity contribution in [3.8, 4) is 0 Å². The first-order valence-corrected chi connectivity index (χ1v) is 13.2. The Morgan fingerprint density at radius 1 is 1.20 bits per heavy atom. The molecular formula is C28H37N5O2. The van der Waals surface area contributed by atoms with Crippen LogP contribution < -0.4 is 10.2 Å². The molecule has 6 rings (SSSR count). The summed E-state index contributed by atoms with van der Waals surface area (Å²) in [6, 6.07) is 4.18. The summed E-state index contributed by atoms with van der Waals surface area (Å²) in [4.78, 5) is 25.3. The molecule has 0 amide bonds. The van der Waals surface area contributed by atoms with Crippen LogP contribution in [0.1, 0.15) is 25.7 Å². The summed E-state index contributed by atoms with van der Waals surface area (Å²) in [5.74, 6) is 0.222. The van der Waals surface area contributed by atoms with Gasteiger partial charge in [-0.1, -0.05) is 18.9 Å². The Hall–Kier alpha value is -2.48. The van der Waals surface area contributed by atoms with E-state index in [1.807, 2.05) is 30.7 Å². The van der Waals surface area contributed by atoms with Crippen LogP contribution in [0.2, 0.25) is 0 Å². The number of ketones is 1. The molecule has 0 aromatic carbocycles. The third-order valence-corrected chi connectivity index (χ3v) is 9.03. The second-order valence-corrected chi connectivity index (χ2v) is 11.0. The summed E-state index contributed by atoms with van der Waals surface area (Å²) in [5.41, 5.74) is 3.19. The highest BCUT2D eigenvalue weighted by atomic mass is 16.3. The molecule has 3 fully saturated rings. The molecule has 35 heavy (non-hydrogen) atoms. The van der Waals surface area contributed by atoms with Crippen molar-refractivity contribution in [1.29, 1.82) is 0 Å². The van der Waals surface area contributed by atoms with Crippen molar-refractivity contribution in [2.45, 2.75) is 43.4 Å². The van der Waals surface area contributed by atoms with Crippen LogP contribution in [0, 0.1) is 11.8 Å². The maximum Gasteiger partial charge on any atom is 0.163 e. The van der Waals surface area contributed by atoms with E-state index in [0.29, 0.717) is 0 Å². The number of aliphatic hydroxyl groups is 1. The van der Waals surface area contributed by atoms with Crippen LogP contribution in [-0.4, -0.2) is 89.7 Å². The fourth-order valence-electron chi connectivity index (χ4n) is 7.43. The first-order valence-electron chi connectivity index (χ1n) is 13.2. The molecule has 3 aliphatic heterocycles. The number of likely N-dealkylation sites (tertiary alicyclic amines) is 1. The molecule has 7 nitrogen and oxygen atoms in total. The van der Waals surface area contributed by atoms with Gasteiger partial charge in [0.1, 0.15) is 0 Å². The summed E-state index contributed by atoms with van der Waals surface area (Å²) in [5, 5.41) is 14.5. The highest BCUT2D eigenvalue weighted by molar-refractivity contribution is 5.98. The van der Waals surface area contributed by atoms with Gasteiger partial charge in [0.2, 0.25) is 0 Å². The molecule has 7 heteroatoms. The lowest BCUT2D eigenvalue weighted by Gasteiger charge is -2.46. The zero-order chi connectivity index (χ0) is 24.0. The van der Waals surface area contributed by atoms with Crippen molar-refractivity contribution < 1.29 is 9.90 Å². The number of rotatable bonds is 4. The van der Waals surface area contributed by atoms with E-state index >= 15 is 0 Å². The van der Waals surface area contributed by atoms with E-state index in [1.54, 1.807) is 0 Å². The van der Waals surface area contributed by atoms with E-state index < -0.39 is 5.54 Å². The minimum absolute atomic E-state index is 0.0704. The zero-order valence-electron chi connectivity index (χ0n) is 20.6. The predicted molar refractivity (Wildman–Crippen MR) is 137 cm³/mol. The molecule has 1 aromatic heterocycles. The van der Waals surface area contributed by atoms with Gasteiger partial charge in [0.05, 0.1) is 29.4 Å². The number of carbonyl (C=O) groups is 1. The molecule has 2 N–H and O–H groups in total. The van der Waals surface area contributed by atoms with Crippen molar-refractivity contribution >= 4 is 11.5 Å². The highest BCUT2D eigenvalue weighted by Crippen LogP contribution is 2.49. The van der Waals surface area contributed by atoms with Gasteiger partial charge in [-0.05, 0) is 61.5 Å². The molecule has 5 aliphatic rings. The molecule has 186 valence electrons. The number of likely N-dealkylation sites (N-methyl/N-ethyl adjacent to an activating group) is 1. The molecule has 2 saturated heterocycles. The zero-order valence-corrected chi connectivity index (χ0v) is 20.6. The van der Waals surface area contributed by atoms with E-state index in [0.717, 1.165) is 70.5 Å². The number of allylic oxidation sites excluding steroid dienone is 3. The van der Waals surface area contributed by atoms with Gasteiger partial charge in [-0.2, -0.15) is 0 Å². The van der Waals surface area contributed by atoms with Gasteiger partial charge >= 0.3 is 0 Å². The highest BCUT2D eigenvalue weighted by Gasteiger charge is 2.60. The normalized spacial score (nSPS) is 35.7. The van der Waals surface area contributed by atoms with E-state index in [1.165, 1.54) is 11.3 Å². The van der Waals surface area contributed by atoms with Gasteiger partial charge < -0.3 is 15.3 Å². The Kier molecular flexibility index (Phi) is 6.03. The van der Waals surface area contributed by atoms with Crippen molar-refractivity contribution in [2.75, 3.05) is 51.2 Å². The number of nitrogens with one attached hydrogen (secondary N) is 1. The summed E-state index contributed by atoms with van der Waals surface area (Å²) in [6.45, 7) is 5.43. The third-order valence-electron chi connectivity index (χ3n) is 9.03. The molecule has 2 aliphatic carbocycles. The van der Waals surface area contributed by atoms with E-state index in [-0.39, 0.29) is 29.8 Å². The average Bonchev–Trinajstić information content (AvgIpc) is 3.17. The van der Waals surface area contributed by atoms with Gasteiger partial charge in [-0.3, -0.25) is 19.6 Å². The number of piperazine rings is 1. The largest absolute Gasteiger partial charge is 0.393 e. The standard InChI is InChI=1S/C28H37N5O2/c1-31-19-28-23(8-5-11-30-28)20(16-25(35)26(28)27(31)22-7-2-3-9-24(22)34)18-32-12-14-33(15-13-32)21-6-4-10-29-17-21/h4-6,8,10-11,16-17,22,24,26-27,30,34H,2-3,7,9,12-15,18-19H2,1H3. The second kappa shape index (κ2) is 9.19. The number of hydrogen-bond donors (Lipinski definition) is 2. The van der Waals surface area contributed by atoms with Gasteiger partial charge in [-0.25, -0.2) is 0 Å². The molecule has 4 heterocycles. The molecule has 5 unspecified atom stereocenters. The molecule has 5 atom stereocenters. The van der Waals surface area contributed by atoms with Crippen LogP contribution in [0.5, 0.6) is 0 Å². The van der Waals surface area contributed by atoms with Crippen molar-refractivity contribution in [3.05, 3.63) is 60.1 Å². The van der Waals surface area contributed by atoms with E-state index in [4.69, 9.17) is 0 Å². The van der Waals surface area contributed by atoms with Gasteiger partial charge in [0.25, 0.3) is 0 Å². The Bertz CT molecular complexity index is 1040. The summed E-state index contributed by atoms with van der Waals surface area (Å²) in [6.07, 6.45) is 15.8. The average molecular weight is 476 g/mol. The summed E-state index contributed by atoms with van der Waals surface area (Å²) < 4.78 is 0. The molecular weight excluding hydrogens is 438 g/mol. The Morgan fingerprint density at radius 3 is 2.80 bits per heavy atom. The maximum absolute atomic E-state index is 13.8. The van der Waals surface area contributed by atoms with Gasteiger partial charge in [0, 0.05) is 57.4 Å². The molecule has 1 spiro atoms. The first kappa shape index (κ1) is 23.0.